The fourth-order valence-electron chi connectivity index (χ4n) is 1.36. The minimum atomic E-state index is -4.62. The largest absolute Gasteiger partial charge is 0.522 e. The number of carbonyl (C=O) groups is 1. The molecule has 3 nitrogen and oxygen atoms in total. The fourth-order valence-corrected chi connectivity index (χ4v) is 1.36. The van der Waals surface area contributed by atoms with Crippen LogP contribution in [0, 0.1) is 5.92 Å². The van der Waals surface area contributed by atoms with Crippen LogP contribution in [0.4, 0.5) is 13.2 Å². The average Bonchev–Trinajstić information content (AvgIpc) is 2.11. The highest BCUT2D eigenvalue weighted by molar-refractivity contribution is 5.86. The molecular formula is C10H13F3O3. The second kappa shape index (κ2) is 4.86. The van der Waals surface area contributed by atoms with E-state index < -0.39 is 18.4 Å². The van der Waals surface area contributed by atoms with Crippen molar-refractivity contribution in [2.24, 2.45) is 5.92 Å². The molecule has 0 spiro atoms. The molecule has 0 aliphatic heterocycles. The van der Waals surface area contributed by atoms with Gasteiger partial charge in [-0.25, -0.2) is 4.79 Å². The molecule has 0 bridgehead atoms. The maximum absolute atomic E-state index is 11.9. The second-order valence-corrected chi connectivity index (χ2v) is 3.82. The van der Waals surface area contributed by atoms with Crippen molar-refractivity contribution in [1.29, 1.82) is 0 Å². The third kappa shape index (κ3) is 3.84. The molecule has 1 aliphatic carbocycles. The third-order valence-electron chi connectivity index (χ3n) is 2.41. The van der Waals surface area contributed by atoms with Gasteiger partial charge in [-0.15, -0.1) is 13.2 Å². The van der Waals surface area contributed by atoms with Crippen molar-refractivity contribution in [3.63, 3.8) is 0 Å². The molecule has 16 heavy (non-hydrogen) atoms. The molecule has 0 radical (unpaired) electrons. The number of esters is 1. The van der Waals surface area contributed by atoms with Crippen molar-refractivity contribution in [3.8, 4) is 0 Å². The lowest BCUT2D eigenvalue weighted by molar-refractivity contribution is -0.359. The summed E-state index contributed by atoms with van der Waals surface area (Å²) in [5.41, 5.74) is 0.229. The van der Waals surface area contributed by atoms with Gasteiger partial charge < -0.3 is 4.74 Å². The van der Waals surface area contributed by atoms with Gasteiger partial charge in [0.15, 0.2) is 0 Å². The lowest BCUT2D eigenvalue weighted by Gasteiger charge is -2.35. The number of hydrogen-bond donors (Lipinski definition) is 0. The summed E-state index contributed by atoms with van der Waals surface area (Å²) in [6, 6.07) is 0. The molecule has 6 heteroatoms. The Labute approximate surface area is 91.2 Å². The number of ether oxygens (including phenoxy) is 2. The second-order valence-electron chi connectivity index (χ2n) is 3.82. The summed E-state index contributed by atoms with van der Waals surface area (Å²) in [7, 11) is 0. The molecule has 0 N–H and O–H groups in total. The molecule has 1 rings (SSSR count). The van der Waals surface area contributed by atoms with Crippen LogP contribution in [-0.2, 0) is 14.3 Å². The van der Waals surface area contributed by atoms with Crippen molar-refractivity contribution in [1.82, 2.24) is 0 Å². The van der Waals surface area contributed by atoms with Crippen LogP contribution in [0.1, 0.15) is 19.8 Å². The van der Waals surface area contributed by atoms with E-state index in [1.54, 1.807) is 0 Å². The van der Waals surface area contributed by atoms with Gasteiger partial charge in [0.2, 0.25) is 0 Å². The van der Waals surface area contributed by atoms with Crippen molar-refractivity contribution >= 4 is 5.97 Å². The lowest BCUT2D eigenvalue weighted by Crippen LogP contribution is -2.41. The van der Waals surface area contributed by atoms with E-state index in [0.717, 1.165) is 0 Å². The van der Waals surface area contributed by atoms with E-state index in [9.17, 15) is 18.0 Å². The van der Waals surface area contributed by atoms with Crippen LogP contribution in [0.2, 0.25) is 0 Å². The summed E-state index contributed by atoms with van der Waals surface area (Å²) in [5, 5.41) is 0. The first-order valence-corrected chi connectivity index (χ1v) is 4.87. The van der Waals surface area contributed by atoms with E-state index in [2.05, 4.69) is 11.3 Å². The van der Waals surface area contributed by atoms with Crippen LogP contribution < -0.4 is 0 Å². The summed E-state index contributed by atoms with van der Waals surface area (Å²) < 4.78 is 44.3. The molecule has 0 aromatic rings. The summed E-state index contributed by atoms with van der Waals surface area (Å²) >= 11 is 0. The van der Waals surface area contributed by atoms with Gasteiger partial charge in [-0.05, 0) is 19.8 Å². The summed E-state index contributed by atoms with van der Waals surface area (Å²) in [6.45, 7) is 4.80. The molecule has 0 amide bonds. The van der Waals surface area contributed by atoms with Crippen molar-refractivity contribution < 1.29 is 27.4 Å². The van der Waals surface area contributed by atoms with Gasteiger partial charge in [-0.3, -0.25) is 4.74 Å². The topological polar surface area (TPSA) is 35.5 Å². The first-order valence-electron chi connectivity index (χ1n) is 4.87. The van der Waals surface area contributed by atoms with Crippen molar-refractivity contribution in [3.05, 3.63) is 12.2 Å². The maximum atomic E-state index is 11.9. The quantitative estimate of drug-likeness (QED) is 0.557. The van der Waals surface area contributed by atoms with Gasteiger partial charge >= 0.3 is 12.3 Å². The molecular weight excluding hydrogens is 225 g/mol. The van der Waals surface area contributed by atoms with E-state index >= 15 is 0 Å². The number of rotatable bonds is 4. The molecule has 0 aromatic carbocycles. The predicted octanol–water partition coefficient (Wildman–Crippen LogP) is 2.42. The van der Waals surface area contributed by atoms with Gasteiger partial charge in [-0.1, -0.05) is 6.58 Å². The lowest BCUT2D eigenvalue weighted by atomic mass is 9.82. The average molecular weight is 238 g/mol. The number of alkyl halides is 3. The predicted molar refractivity (Wildman–Crippen MR) is 49.4 cm³/mol. The molecule has 2 atom stereocenters. The van der Waals surface area contributed by atoms with Crippen LogP contribution in [0.25, 0.3) is 0 Å². The van der Waals surface area contributed by atoms with E-state index in [4.69, 9.17) is 4.74 Å². The van der Waals surface area contributed by atoms with E-state index in [0.29, 0.717) is 12.8 Å². The Morgan fingerprint density at radius 1 is 1.44 bits per heavy atom. The van der Waals surface area contributed by atoms with Crippen LogP contribution in [0.3, 0.4) is 0 Å². The van der Waals surface area contributed by atoms with Gasteiger partial charge in [0.05, 0.1) is 12.7 Å². The van der Waals surface area contributed by atoms with E-state index in [-0.39, 0.29) is 18.1 Å². The first kappa shape index (κ1) is 13.0. The summed E-state index contributed by atoms with van der Waals surface area (Å²) in [5.74, 6) is -0.956. The van der Waals surface area contributed by atoms with Crippen LogP contribution in [0.5, 0.6) is 0 Å². The van der Waals surface area contributed by atoms with Gasteiger partial charge in [0, 0.05) is 11.5 Å². The molecule has 0 heterocycles. The smallest absolute Gasteiger partial charge is 0.462 e. The monoisotopic (exact) mass is 238 g/mol. The highest BCUT2D eigenvalue weighted by Crippen LogP contribution is 2.35. The molecule has 1 aliphatic rings. The van der Waals surface area contributed by atoms with Gasteiger partial charge in [0.25, 0.3) is 0 Å². The molecule has 1 fully saturated rings. The molecule has 1 saturated carbocycles. The zero-order valence-electron chi connectivity index (χ0n) is 8.84. The molecule has 92 valence electrons. The minimum absolute atomic E-state index is 0.0492. The van der Waals surface area contributed by atoms with Crippen LogP contribution in [-0.4, -0.2) is 25.0 Å². The Morgan fingerprint density at radius 3 is 2.44 bits per heavy atom. The van der Waals surface area contributed by atoms with E-state index in [1.807, 2.05) is 0 Å². The Kier molecular flexibility index (Phi) is 3.96. The van der Waals surface area contributed by atoms with Gasteiger partial charge in [0.1, 0.15) is 0 Å². The Hall–Kier alpha value is -1.04. The number of carbonyl (C=O) groups excluding carboxylic acids is 1. The number of halogens is 3. The summed E-state index contributed by atoms with van der Waals surface area (Å²) in [6.07, 6.45) is -4.60. The maximum Gasteiger partial charge on any atom is 0.522 e. The van der Waals surface area contributed by atoms with Gasteiger partial charge in [-0.2, -0.15) is 0 Å². The highest BCUT2D eigenvalue weighted by atomic mass is 19.4. The van der Waals surface area contributed by atoms with Crippen LogP contribution >= 0.6 is 0 Å². The first-order chi connectivity index (χ1) is 7.29. The van der Waals surface area contributed by atoms with Crippen LogP contribution in [0.15, 0.2) is 12.2 Å². The minimum Gasteiger partial charge on any atom is -0.462 e. The SMILES string of the molecule is C=C(C)C(=O)OCC1CCC1OC(F)(F)F. The Bertz CT molecular complexity index is 286. The fraction of sp³-hybridized carbons (Fsp3) is 0.700. The zero-order chi connectivity index (χ0) is 12.3. The normalized spacial score (nSPS) is 24.8. The van der Waals surface area contributed by atoms with Crippen molar-refractivity contribution in [2.45, 2.75) is 32.2 Å². The highest BCUT2D eigenvalue weighted by Gasteiger charge is 2.42. The number of hydrogen-bond acceptors (Lipinski definition) is 3. The standard InChI is InChI=1S/C10H13F3O3/c1-6(2)9(14)15-5-7-3-4-8(7)16-10(11,12)13/h7-8H,1,3-5H2,2H3. The molecule has 0 aromatic heterocycles. The molecule has 0 saturated heterocycles. The third-order valence-corrected chi connectivity index (χ3v) is 2.41. The Balaban J connectivity index is 2.29. The Morgan fingerprint density at radius 2 is 2.06 bits per heavy atom. The molecule has 2 unspecified atom stereocenters. The zero-order valence-corrected chi connectivity index (χ0v) is 8.84. The van der Waals surface area contributed by atoms with Crippen molar-refractivity contribution in [2.75, 3.05) is 6.61 Å². The van der Waals surface area contributed by atoms with E-state index in [1.165, 1.54) is 6.92 Å². The summed E-state index contributed by atoms with van der Waals surface area (Å²) in [4.78, 5) is 11.0.